The Morgan fingerprint density at radius 3 is 2.92 bits per heavy atom. The fraction of sp³-hybridized carbons (Fsp3) is 0.200. The van der Waals surface area contributed by atoms with Crippen LogP contribution in [0.5, 0.6) is 0 Å². The third-order valence-corrected chi connectivity index (χ3v) is 2.73. The van der Waals surface area contributed by atoms with Gasteiger partial charge in [0.05, 0.1) is 11.4 Å². The molecule has 0 radical (unpaired) electrons. The molecule has 1 atom stereocenters. The van der Waals surface area contributed by atoms with Crippen LogP contribution in [0.25, 0.3) is 6.08 Å². The first kappa shape index (κ1) is 8.46. The molecule has 3 heteroatoms. The number of halogens is 1. The van der Waals surface area contributed by atoms with Gasteiger partial charge in [-0.2, -0.15) is 5.26 Å². The van der Waals surface area contributed by atoms with Gasteiger partial charge in [0.15, 0.2) is 5.54 Å². The van der Waals surface area contributed by atoms with E-state index >= 15 is 0 Å². The minimum Gasteiger partial charge on any atom is -0.259 e. The van der Waals surface area contributed by atoms with Gasteiger partial charge in [-0.15, -0.1) is 0 Å². The molecule has 0 amide bonds. The smallest absolute Gasteiger partial charge is 0.163 e. The minimum absolute atomic E-state index is 0.688. The van der Waals surface area contributed by atoms with Crippen LogP contribution in [-0.2, 0) is 0 Å². The van der Waals surface area contributed by atoms with E-state index in [1.807, 2.05) is 24.3 Å². The second kappa shape index (κ2) is 2.68. The average Bonchev–Trinajstić information content (AvgIpc) is 2.45. The van der Waals surface area contributed by atoms with Crippen molar-refractivity contribution in [3.8, 4) is 6.07 Å². The third-order valence-electron chi connectivity index (χ3n) is 2.03. The van der Waals surface area contributed by atoms with Gasteiger partial charge in [-0.3, -0.25) is 4.99 Å². The van der Waals surface area contributed by atoms with E-state index in [2.05, 4.69) is 27.0 Å². The summed E-state index contributed by atoms with van der Waals surface area (Å²) in [5.74, 6) is 0. The summed E-state index contributed by atoms with van der Waals surface area (Å²) in [4.78, 5) is 4.32. The number of benzene rings is 1. The summed E-state index contributed by atoms with van der Waals surface area (Å²) in [7, 11) is 0. The highest BCUT2D eigenvalue weighted by atomic mass is 79.9. The largest absolute Gasteiger partial charge is 0.259 e. The second-order valence-corrected chi connectivity index (χ2v) is 4.04. The van der Waals surface area contributed by atoms with Gasteiger partial charge in [-0.05, 0) is 25.1 Å². The highest BCUT2D eigenvalue weighted by Gasteiger charge is 2.22. The Labute approximate surface area is 84.4 Å². The fourth-order valence-electron chi connectivity index (χ4n) is 1.39. The molecule has 1 unspecified atom stereocenters. The summed E-state index contributed by atoms with van der Waals surface area (Å²) in [6.07, 6.45) is 1.88. The topological polar surface area (TPSA) is 36.1 Å². The van der Waals surface area contributed by atoms with E-state index in [-0.39, 0.29) is 0 Å². The summed E-state index contributed by atoms with van der Waals surface area (Å²) < 4.78 is 0.993. The molecule has 1 aromatic rings. The van der Waals surface area contributed by atoms with Gasteiger partial charge in [0, 0.05) is 9.69 Å². The van der Waals surface area contributed by atoms with Crippen molar-refractivity contribution in [2.24, 2.45) is 4.99 Å². The van der Waals surface area contributed by atoms with E-state index in [0.29, 0.717) is 0 Å². The molecule has 2 rings (SSSR count). The van der Waals surface area contributed by atoms with Gasteiger partial charge in [0.2, 0.25) is 0 Å². The number of hydrogen-bond donors (Lipinski definition) is 0. The van der Waals surface area contributed by atoms with E-state index < -0.39 is 5.54 Å². The minimum atomic E-state index is -0.688. The van der Waals surface area contributed by atoms with Gasteiger partial charge < -0.3 is 0 Å². The molecule has 0 N–H and O–H groups in total. The SMILES string of the molecule is CC1(C#N)C=c2c(Br)cccc2=N1. The van der Waals surface area contributed by atoms with Crippen molar-refractivity contribution in [2.75, 3.05) is 0 Å². The van der Waals surface area contributed by atoms with Crippen LogP contribution in [0.15, 0.2) is 27.7 Å². The lowest BCUT2D eigenvalue weighted by Gasteiger charge is -2.03. The maximum absolute atomic E-state index is 8.90. The Balaban J connectivity index is 2.83. The van der Waals surface area contributed by atoms with Crippen molar-refractivity contribution in [3.63, 3.8) is 0 Å². The van der Waals surface area contributed by atoms with Gasteiger partial charge >= 0.3 is 0 Å². The predicted molar refractivity (Wildman–Crippen MR) is 53.4 cm³/mol. The quantitative estimate of drug-likeness (QED) is 0.664. The maximum atomic E-state index is 8.90. The van der Waals surface area contributed by atoms with Crippen molar-refractivity contribution in [1.82, 2.24) is 0 Å². The van der Waals surface area contributed by atoms with Crippen molar-refractivity contribution in [1.29, 1.82) is 5.26 Å². The standard InChI is InChI=1S/C10H7BrN2/c1-10(6-12)5-7-8(11)3-2-4-9(7)13-10/h2-5H,1H3. The number of rotatable bonds is 0. The molecule has 1 aliphatic heterocycles. The van der Waals surface area contributed by atoms with Gasteiger partial charge in [0.1, 0.15) is 0 Å². The molecule has 0 saturated heterocycles. The highest BCUT2D eigenvalue weighted by Crippen LogP contribution is 2.13. The molecule has 0 bridgehead atoms. The summed E-state index contributed by atoms with van der Waals surface area (Å²) in [6, 6.07) is 7.96. The Bertz CT molecular complexity index is 513. The summed E-state index contributed by atoms with van der Waals surface area (Å²) in [5.41, 5.74) is -0.688. The molecule has 2 nitrogen and oxygen atoms in total. The molecular weight excluding hydrogens is 228 g/mol. The molecule has 0 aromatic heterocycles. The zero-order valence-corrected chi connectivity index (χ0v) is 8.67. The van der Waals surface area contributed by atoms with Crippen LogP contribution in [0, 0.1) is 11.3 Å². The van der Waals surface area contributed by atoms with E-state index in [1.165, 1.54) is 0 Å². The van der Waals surface area contributed by atoms with E-state index in [1.54, 1.807) is 6.92 Å². The van der Waals surface area contributed by atoms with Crippen LogP contribution < -0.4 is 10.6 Å². The molecular formula is C10H7BrN2. The second-order valence-electron chi connectivity index (χ2n) is 3.19. The fourth-order valence-corrected chi connectivity index (χ4v) is 1.86. The van der Waals surface area contributed by atoms with Gasteiger partial charge in [-0.1, -0.05) is 22.0 Å². The number of fused-ring (bicyclic) bond motifs is 1. The lowest BCUT2D eigenvalue weighted by molar-refractivity contribution is 0.787. The Morgan fingerprint density at radius 2 is 2.31 bits per heavy atom. The molecule has 13 heavy (non-hydrogen) atoms. The molecule has 0 fully saturated rings. The van der Waals surface area contributed by atoms with Crippen molar-refractivity contribution in [3.05, 3.63) is 33.2 Å². The number of nitrogens with zero attached hydrogens (tertiary/aromatic N) is 2. The maximum Gasteiger partial charge on any atom is 0.163 e. The summed E-state index contributed by atoms with van der Waals surface area (Å²) >= 11 is 3.43. The lowest BCUT2D eigenvalue weighted by atomic mass is 10.1. The molecule has 0 aliphatic carbocycles. The lowest BCUT2D eigenvalue weighted by Crippen LogP contribution is -2.21. The van der Waals surface area contributed by atoms with E-state index in [0.717, 1.165) is 15.0 Å². The Morgan fingerprint density at radius 1 is 1.54 bits per heavy atom. The first-order valence-electron chi connectivity index (χ1n) is 3.93. The van der Waals surface area contributed by atoms with Crippen molar-refractivity contribution < 1.29 is 0 Å². The predicted octanol–water partition coefficient (Wildman–Crippen LogP) is 1.15. The van der Waals surface area contributed by atoms with Crippen LogP contribution in [0.1, 0.15) is 6.92 Å². The van der Waals surface area contributed by atoms with Crippen LogP contribution >= 0.6 is 15.9 Å². The van der Waals surface area contributed by atoms with Gasteiger partial charge in [-0.25, -0.2) is 0 Å². The van der Waals surface area contributed by atoms with Crippen LogP contribution in [0.4, 0.5) is 0 Å². The molecule has 0 saturated carbocycles. The van der Waals surface area contributed by atoms with Crippen LogP contribution in [-0.4, -0.2) is 5.54 Å². The first-order chi connectivity index (χ1) is 6.14. The van der Waals surface area contributed by atoms with Crippen molar-refractivity contribution >= 4 is 22.0 Å². The number of nitriles is 1. The highest BCUT2D eigenvalue weighted by molar-refractivity contribution is 9.10. The zero-order chi connectivity index (χ0) is 9.47. The monoisotopic (exact) mass is 234 g/mol. The Hall–Kier alpha value is -1.14. The van der Waals surface area contributed by atoms with Crippen molar-refractivity contribution in [2.45, 2.75) is 12.5 Å². The normalized spacial score (nSPS) is 24.1. The van der Waals surface area contributed by atoms with E-state index in [4.69, 9.17) is 5.26 Å². The van der Waals surface area contributed by atoms with E-state index in [9.17, 15) is 0 Å². The molecule has 1 aliphatic rings. The zero-order valence-electron chi connectivity index (χ0n) is 7.08. The average molecular weight is 235 g/mol. The van der Waals surface area contributed by atoms with Crippen LogP contribution in [0.3, 0.4) is 0 Å². The molecule has 1 heterocycles. The first-order valence-corrected chi connectivity index (χ1v) is 4.72. The van der Waals surface area contributed by atoms with Crippen LogP contribution in [0.2, 0.25) is 0 Å². The molecule has 64 valence electrons. The number of hydrogen-bond acceptors (Lipinski definition) is 2. The molecule has 1 aromatic carbocycles. The molecule has 0 spiro atoms. The van der Waals surface area contributed by atoms with Gasteiger partial charge in [0.25, 0.3) is 0 Å². The Kier molecular flexibility index (Phi) is 1.74. The summed E-state index contributed by atoms with van der Waals surface area (Å²) in [5, 5.41) is 10.8. The summed E-state index contributed by atoms with van der Waals surface area (Å²) in [6.45, 7) is 1.80. The third kappa shape index (κ3) is 1.27.